The first-order valence-electron chi connectivity index (χ1n) is 17.7. The van der Waals surface area contributed by atoms with E-state index in [2.05, 4.69) is 11.8 Å². The molecule has 0 aromatic heterocycles. The number of carboxylic acids is 1. The van der Waals surface area contributed by atoms with Gasteiger partial charge in [-0.2, -0.15) is 0 Å². The summed E-state index contributed by atoms with van der Waals surface area (Å²) in [6, 6.07) is 0. The second-order valence-electron chi connectivity index (χ2n) is 13.3. The van der Waals surface area contributed by atoms with E-state index in [1.807, 2.05) is 20.8 Å². The number of unbranched alkanes of at least 4 members (excludes halogenated alkanes) is 14. The molecule has 0 spiro atoms. The summed E-state index contributed by atoms with van der Waals surface area (Å²) in [5, 5.41) is 10.5. The Kier molecular flexibility index (Phi) is 27.4. The number of nitrogens with zero attached hydrogens (tertiary/aromatic N) is 2. The Hall–Kier alpha value is -1.84. The highest BCUT2D eigenvalue weighted by Crippen LogP contribution is 2.12. The topological polar surface area (TPSA) is 131 Å². The van der Waals surface area contributed by atoms with E-state index < -0.39 is 5.97 Å². The number of rotatable bonds is 31. The average molecular weight is 627 g/mol. The van der Waals surface area contributed by atoms with Crippen LogP contribution in [0.15, 0.2) is 11.9 Å². The molecule has 0 aliphatic carbocycles. The van der Waals surface area contributed by atoms with Crippen molar-refractivity contribution in [1.82, 2.24) is 9.91 Å². The normalized spacial score (nSPS) is 12.2. The first kappa shape index (κ1) is 42.2. The van der Waals surface area contributed by atoms with E-state index in [4.69, 9.17) is 26.2 Å². The van der Waals surface area contributed by atoms with Crippen LogP contribution in [0.3, 0.4) is 0 Å². The Balaban J connectivity index is 4.22. The van der Waals surface area contributed by atoms with Gasteiger partial charge < -0.3 is 30.2 Å². The summed E-state index contributed by atoms with van der Waals surface area (Å²) >= 11 is 0. The molecule has 0 unspecified atom stereocenters. The van der Waals surface area contributed by atoms with Crippen LogP contribution in [0.1, 0.15) is 156 Å². The van der Waals surface area contributed by atoms with Gasteiger partial charge in [-0.25, -0.2) is 5.84 Å². The van der Waals surface area contributed by atoms with Gasteiger partial charge in [-0.3, -0.25) is 9.59 Å². The Labute approximate surface area is 270 Å². The number of ether oxygens (including phenoxy) is 2. The molecule has 0 aliphatic rings. The van der Waals surface area contributed by atoms with Crippen LogP contribution < -0.4 is 11.6 Å². The number of hydrazine groups is 1. The lowest BCUT2D eigenvalue weighted by atomic mass is 10.1. The van der Waals surface area contributed by atoms with Crippen LogP contribution >= 0.6 is 0 Å². The van der Waals surface area contributed by atoms with E-state index in [0.29, 0.717) is 25.3 Å². The molecule has 5 N–H and O–H groups in total. The highest BCUT2D eigenvalue weighted by atomic mass is 16.5. The fraction of sp³-hybridized carbons (Fsp3) is 0.886. The van der Waals surface area contributed by atoms with Crippen LogP contribution in [-0.2, 0) is 19.1 Å². The second kappa shape index (κ2) is 28.6. The molecule has 0 aromatic rings. The predicted molar refractivity (Wildman–Crippen MR) is 182 cm³/mol. The van der Waals surface area contributed by atoms with E-state index in [-0.39, 0.29) is 18.0 Å². The molecule has 0 saturated heterocycles. The third-order valence-electron chi connectivity index (χ3n) is 7.63. The van der Waals surface area contributed by atoms with Gasteiger partial charge in [0.2, 0.25) is 0 Å². The van der Waals surface area contributed by atoms with Gasteiger partial charge in [0.15, 0.2) is 0 Å². The zero-order chi connectivity index (χ0) is 32.9. The van der Waals surface area contributed by atoms with Crippen molar-refractivity contribution in [2.24, 2.45) is 11.6 Å². The maximum atomic E-state index is 12.0. The Bertz CT molecular complexity index is 726. The number of carbonyl (C=O) groups is 2. The molecule has 44 heavy (non-hydrogen) atoms. The predicted octanol–water partition coefficient (Wildman–Crippen LogP) is 7.53. The highest BCUT2D eigenvalue weighted by molar-refractivity contribution is 5.69. The summed E-state index contributed by atoms with van der Waals surface area (Å²) in [4.78, 5) is 25.2. The lowest BCUT2D eigenvalue weighted by molar-refractivity contribution is -0.144. The van der Waals surface area contributed by atoms with Gasteiger partial charge in [0.1, 0.15) is 0 Å². The van der Waals surface area contributed by atoms with Gasteiger partial charge >= 0.3 is 11.9 Å². The number of aliphatic carboxylic acids is 1. The van der Waals surface area contributed by atoms with E-state index in [0.717, 1.165) is 110 Å². The first-order valence-corrected chi connectivity index (χ1v) is 17.7. The fourth-order valence-electron chi connectivity index (χ4n) is 5.02. The number of esters is 1. The Morgan fingerprint density at radius 1 is 0.705 bits per heavy atom. The lowest BCUT2D eigenvalue weighted by Gasteiger charge is -2.24. The molecule has 0 radical (unpaired) electrons. The van der Waals surface area contributed by atoms with E-state index in [1.165, 1.54) is 32.1 Å². The lowest BCUT2D eigenvalue weighted by Crippen LogP contribution is -2.33. The molecular weight excluding hydrogens is 556 g/mol. The Morgan fingerprint density at radius 2 is 1.20 bits per heavy atom. The third kappa shape index (κ3) is 31.6. The quantitative estimate of drug-likeness (QED) is 0.0309. The van der Waals surface area contributed by atoms with Gasteiger partial charge in [0.25, 0.3) is 0 Å². The van der Waals surface area contributed by atoms with Crippen LogP contribution in [-0.4, -0.2) is 71.9 Å². The number of carbonyl (C=O) groups excluding carboxylic acids is 1. The van der Waals surface area contributed by atoms with E-state index in [9.17, 15) is 9.59 Å². The van der Waals surface area contributed by atoms with E-state index >= 15 is 0 Å². The summed E-state index contributed by atoms with van der Waals surface area (Å²) in [6.45, 7) is 13.0. The number of nitrogens with two attached hydrogens (primary N) is 2. The molecule has 0 fully saturated rings. The first-order chi connectivity index (χ1) is 21.0. The van der Waals surface area contributed by atoms with Crippen molar-refractivity contribution in [3.63, 3.8) is 0 Å². The van der Waals surface area contributed by atoms with Crippen molar-refractivity contribution >= 4 is 11.9 Å². The van der Waals surface area contributed by atoms with Gasteiger partial charge in [0.05, 0.1) is 24.5 Å². The smallest absolute Gasteiger partial charge is 0.305 e. The van der Waals surface area contributed by atoms with Crippen LogP contribution in [0, 0.1) is 0 Å². The molecule has 0 rings (SSSR count). The molecule has 0 aliphatic heterocycles. The maximum absolute atomic E-state index is 12.0. The van der Waals surface area contributed by atoms with Gasteiger partial charge in [-0.05, 0) is 78.9 Å². The second-order valence-corrected chi connectivity index (χ2v) is 13.3. The summed E-state index contributed by atoms with van der Waals surface area (Å²) in [5.41, 5.74) is 6.44. The molecule has 9 heteroatoms. The molecule has 0 aromatic carbocycles. The monoisotopic (exact) mass is 627 g/mol. The SMILES string of the molecule is CCCCCCCCCOC(=O)CCCCCCCN(CCCCCCCC(=O)O)CCCN(N)/C=C(\N)COC(C)(C)C. The third-order valence-corrected chi connectivity index (χ3v) is 7.63. The zero-order valence-electron chi connectivity index (χ0n) is 29.1. The largest absolute Gasteiger partial charge is 0.481 e. The summed E-state index contributed by atoms with van der Waals surface area (Å²) in [7, 11) is 0. The van der Waals surface area contributed by atoms with Gasteiger partial charge in [0, 0.05) is 25.6 Å². The van der Waals surface area contributed by atoms with Crippen LogP contribution in [0.2, 0.25) is 0 Å². The molecule has 0 heterocycles. The highest BCUT2D eigenvalue weighted by Gasteiger charge is 2.11. The maximum Gasteiger partial charge on any atom is 0.305 e. The van der Waals surface area contributed by atoms with Crippen LogP contribution in [0.25, 0.3) is 0 Å². The summed E-state index contributed by atoms with van der Waals surface area (Å²) < 4.78 is 11.1. The standard InChI is InChI=1S/C35H70N4O5/c1-5-6-7-8-9-16-21-29-43-34(42)24-18-13-11-15-20-26-38(25-19-14-10-12-17-23-33(40)41)27-22-28-39(37)30-32(36)31-44-35(2,3)4/h30H,5-29,31,36-37H2,1-4H3,(H,40,41)/b32-30-. The molecular formula is C35H70N4O5. The summed E-state index contributed by atoms with van der Waals surface area (Å²) in [6.07, 6.45) is 22.6. The molecule has 0 atom stereocenters. The van der Waals surface area contributed by atoms with Crippen molar-refractivity contribution in [1.29, 1.82) is 0 Å². The summed E-state index contributed by atoms with van der Waals surface area (Å²) in [5.74, 6) is 5.42. The van der Waals surface area contributed by atoms with Crippen molar-refractivity contribution in [2.75, 3.05) is 39.4 Å². The van der Waals surface area contributed by atoms with Crippen molar-refractivity contribution in [3.05, 3.63) is 11.9 Å². The number of hydrogen-bond donors (Lipinski definition) is 3. The van der Waals surface area contributed by atoms with Gasteiger partial charge in [-0.15, -0.1) is 0 Å². The van der Waals surface area contributed by atoms with Crippen molar-refractivity contribution in [3.8, 4) is 0 Å². The molecule has 260 valence electrons. The molecule has 0 bridgehead atoms. The van der Waals surface area contributed by atoms with Crippen LogP contribution in [0.4, 0.5) is 0 Å². The molecule has 0 saturated carbocycles. The minimum Gasteiger partial charge on any atom is -0.481 e. The van der Waals surface area contributed by atoms with Gasteiger partial charge in [-0.1, -0.05) is 84.0 Å². The number of carboxylic acid groups (broad SMARTS) is 1. The van der Waals surface area contributed by atoms with Crippen molar-refractivity contribution < 1.29 is 24.2 Å². The minimum absolute atomic E-state index is 0.0441. The van der Waals surface area contributed by atoms with Crippen LogP contribution in [0.5, 0.6) is 0 Å². The Morgan fingerprint density at radius 3 is 1.77 bits per heavy atom. The number of hydrogen-bond acceptors (Lipinski definition) is 8. The fourth-order valence-corrected chi connectivity index (χ4v) is 5.02. The zero-order valence-corrected chi connectivity index (χ0v) is 29.1. The average Bonchev–Trinajstić information content (AvgIpc) is 2.95. The van der Waals surface area contributed by atoms with E-state index in [1.54, 1.807) is 11.2 Å². The minimum atomic E-state index is -0.706. The van der Waals surface area contributed by atoms with Crippen molar-refractivity contribution in [2.45, 2.75) is 162 Å². The molecule has 9 nitrogen and oxygen atoms in total. The molecule has 0 amide bonds.